The second-order valence-corrected chi connectivity index (χ2v) is 6.83. The molecule has 6 nitrogen and oxygen atoms in total. The SMILES string of the molecule is Cc1ccc(-c2nnc(SCC(=O)Nc3ncc(Cl)cc3Cl)o2)cc1. The van der Waals surface area contributed by atoms with E-state index in [0.717, 1.165) is 22.9 Å². The van der Waals surface area contributed by atoms with Gasteiger partial charge in [-0.2, -0.15) is 0 Å². The fraction of sp³-hybridized carbons (Fsp3) is 0.125. The Bertz CT molecular complexity index is 899. The normalized spacial score (nSPS) is 10.7. The predicted molar refractivity (Wildman–Crippen MR) is 98.1 cm³/mol. The number of carbonyl (C=O) groups is 1. The molecule has 1 N–H and O–H groups in total. The Hall–Kier alpha value is -2.09. The summed E-state index contributed by atoms with van der Waals surface area (Å²) in [5.41, 5.74) is 1.97. The number of thioether (sulfide) groups is 1. The van der Waals surface area contributed by atoms with Gasteiger partial charge in [0.2, 0.25) is 11.8 Å². The highest BCUT2D eigenvalue weighted by molar-refractivity contribution is 7.99. The van der Waals surface area contributed by atoms with Crippen LogP contribution in [0.25, 0.3) is 11.5 Å². The van der Waals surface area contributed by atoms with Crippen LogP contribution in [-0.2, 0) is 4.79 Å². The van der Waals surface area contributed by atoms with Gasteiger partial charge in [-0.15, -0.1) is 10.2 Å². The maximum Gasteiger partial charge on any atom is 0.277 e. The van der Waals surface area contributed by atoms with E-state index in [1.165, 1.54) is 12.3 Å². The molecule has 0 fully saturated rings. The van der Waals surface area contributed by atoms with Crippen LogP contribution < -0.4 is 5.32 Å². The molecule has 0 atom stereocenters. The number of hydrogen-bond acceptors (Lipinski definition) is 6. The number of carbonyl (C=O) groups excluding carboxylic acids is 1. The number of anilines is 1. The minimum atomic E-state index is -0.295. The van der Waals surface area contributed by atoms with Gasteiger partial charge >= 0.3 is 0 Å². The van der Waals surface area contributed by atoms with E-state index in [-0.39, 0.29) is 22.5 Å². The van der Waals surface area contributed by atoms with Gasteiger partial charge in [-0.1, -0.05) is 52.7 Å². The van der Waals surface area contributed by atoms with Crippen LogP contribution in [0.1, 0.15) is 5.56 Å². The molecule has 0 saturated carbocycles. The number of nitrogens with one attached hydrogen (secondary N) is 1. The van der Waals surface area contributed by atoms with Crippen molar-refractivity contribution in [2.24, 2.45) is 0 Å². The van der Waals surface area contributed by atoms with Crippen molar-refractivity contribution in [2.45, 2.75) is 12.1 Å². The van der Waals surface area contributed by atoms with Gasteiger partial charge in [-0.25, -0.2) is 4.98 Å². The number of rotatable bonds is 5. The molecule has 0 saturated heterocycles. The Labute approximate surface area is 158 Å². The van der Waals surface area contributed by atoms with E-state index in [1.54, 1.807) is 0 Å². The van der Waals surface area contributed by atoms with E-state index in [2.05, 4.69) is 20.5 Å². The zero-order valence-electron chi connectivity index (χ0n) is 13.0. The lowest BCUT2D eigenvalue weighted by molar-refractivity contribution is -0.113. The van der Waals surface area contributed by atoms with Crippen LogP contribution in [0, 0.1) is 6.92 Å². The first-order chi connectivity index (χ1) is 12.0. The third kappa shape index (κ3) is 4.72. The molecule has 0 aliphatic heterocycles. The first-order valence-electron chi connectivity index (χ1n) is 7.15. The molecule has 2 aromatic heterocycles. The molecule has 0 radical (unpaired) electrons. The number of pyridine rings is 1. The molecule has 9 heteroatoms. The van der Waals surface area contributed by atoms with E-state index in [1.807, 2.05) is 31.2 Å². The molecule has 0 spiro atoms. The summed E-state index contributed by atoms with van der Waals surface area (Å²) in [7, 11) is 0. The molecular weight excluding hydrogens is 383 g/mol. The predicted octanol–water partition coefficient (Wildman–Crippen LogP) is 4.48. The number of hydrogen-bond donors (Lipinski definition) is 1. The lowest BCUT2D eigenvalue weighted by Gasteiger charge is -2.05. The minimum Gasteiger partial charge on any atom is -0.411 e. The lowest BCUT2D eigenvalue weighted by atomic mass is 10.1. The second kappa shape index (κ2) is 7.86. The number of aryl methyl sites for hydroxylation is 1. The molecule has 25 heavy (non-hydrogen) atoms. The van der Waals surface area contributed by atoms with Crippen LogP contribution >= 0.6 is 35.0 Å². The summed E-state index contributed by atoms with van der Waals surface area (Å²) in [6.45, 7) is 2.00. The highest BCUT2D eigenvalue weighted by atomic mass is 35.5. The number of aromatic nitrogens is 3. The molecule has 0 aliphatic rings. The molecule has 0 unspecified atom stereocenters. The Balaban J connectivity index is 1.58. The lowest BCUT2D eigenvalue weighted by Crippen LogP contribution is -2.15. The maximum absolute atomic E-state index is 12.0. The summed E-state index contributed by atoms with van der Waals surface area (Å²) >= 11 is 12.9. The Kier molecular flexibility index (Phi) is 5.57. The first kappa shape index (κ1) is 17.7. The summed E-state index contributed by atoms with van der Waals surface area (Å²) in [6.07, 6.45) is 1.40. The monoisotopic (exact) mass is 394 g/mol. The minimum absolute atomic E-state index is 0.0795. The van der Waals surface area contributed by atoms with E-state index < -0.39 is 0 Å². The zero-order chi connectivity index (χ0) is 17.8. The Morgan fingerprint density at radius 2 is 2.00 bits per heavy atom. The van der Waals surface area contributed by atoms with Crippen LogP contribution in [0.3, 0.4) is 0 Å². The summed E-state index contributed by atoms with van der Waals surface area (Å²) < 4.78 is 5.55. The Morgan fingerprint density at radius 1 is 1.24 bits per heavy atom. The smallest absolute Gasteiger partial charge is 0.277 e. The molecule has 0 aliphatic carbocycles. The molecular formula is C16H12Cl2N4O2S. The van der Waals surface area contributed by atoms with Crippen LogP contribution in [0.15, 0.2) is 46.2 Å². The van der Waals surface area contributed by atoms with E-state index in [9.17, 15) is 4.79 Å². The van der Waals surface area contributed by atoms with E-state index in [0.29, 0.717) is 16.1 Å². The average molecular weight is 395 g/mol. The molecule has 0 bridgehead atoms. The average Bonchev–Trinajstić information content (AvgIpc) is 3.05. The number of nitrogens with zero attached hydrogens (tertiary/aromatic N) is 3. The summed E-state index contributed by atoms with van der Waals surface area (Å²) in [5, 5.41) is 11.5. The second-order valence-electron chi connectivity index (χ2n) is 5.06. The molecule has 128 valence electrons. The van der Waals surface area contributed by atoms with Crippen molar-refractivity contribution in [1.29, 1.82) is 0 Å². The summed E-state index contributed by atoms with van der Waals surface area (Å²) in [5.74, 6) is 0.445. The quantitative estimate of drug-likeness (QED) is 0.642. The standard InChI is InChI=1S/C16H12Cl2N4O2S/c1-9-2-4-10(5-3-9)15-21-22-16(24-15)25-8-13(23)20-14-12(18)6-11(17)7-19-14/h2-7H,8H2,1H3,(H,19,20,23). The maximum atomic E-state index is 12.0. The fourth-order valence-corrected chi connectivity index (χ4v) is 2.87. The van der Waals surface area contributed by atoms with Crippen LogP contribution in [0.5, 0.6) is 0 Å². The number of amides is 1. The molecule has 3 aromatic rings. The number of benzene rings is 1. The summed E-state index contributed by atoms with van der Waals surface area (Å²) in [6, 6.07) is 9.23. The zero-order valence-corrected chi connectivity index (χ0v) is 15.3. The van der Waals surface area contributed by atoms with Crippen LogP contribution in [-0.4, -0.2) is 26.8 Å². The molecule has 1 amide bonds. The van der Waals surface area contributed by atoms with Gasteiger partial charge in [0.1, 0.15) is 0 Å². The largest absolute Gasteiger partial charge is 0.411 e. The van der Waals surface area contributed by atoms with Gasteiger partial charge in [-0.3, -0.25) is 4.79 Å². The number of halogens is 2. The van der Waals surface area contributed by atoms with Gasteiger partial charge in [0, 0.05) is 11.8 Å². The van der Waals surface area contributed by atoms with Gasteiger partial charge < -0.3 is 9.73 Å². The van der Waals surface area contributed by atoms with Crippen molar-refractivity contribution < 1.29 is 9.21 Å². The topological polar surface area (TPSA) is 80.9 Å². The van der Waals surface area contributed by atoms with Gasteiger partial charge in [0.15, 0.2) is 5.82 Å². The van der Waals surface area contributed by atoms with E-state index >= 15 is 0 Å². The van der Waals surface area contributed by atoms with Crippen molar-refractivity contribution in [1.82, 2.24) is 15.2 Å². The Morgan fingerprint density at radius 3 is 2.72 bits per heavy atom. The highest BCUT2D eigenvalue weighted by Crippen LogP contribution is 2.25. The van der Waals surface area contributed by atoms with Crippen LogP contribution in [0.2, 0.25) is 10.0 Å². The van der Waals surface area contributed by atoms with Crippen molar-refractivity contribution in [2.75, 3.05) is 11.1 Å². The van der Waals surface area contributed by atoms with Crippen molar-refractivity contribution in [3.05, 3.63) is 52.1 Å². The fourth-order valence-electron chi connectivity index (χ4n) is 1.88. The van der Waals surface area contributed by atoms with Crippen LogP contribution in [0.4, 0.5) is 5.82 Å². The third-order valence-electron chi connectivity index (χ3n) is 3.10. The molecule has 2 heterocycles. The van der Waals surface area contributed by atoms with Crippen molar-refractivity contribution >= 4 is 46.7 Å². The van der Waals surface area contributed by atoms with Crippen molar-refractivity contribution in [3.8, 4) is 11.5 Å². The van der Waals surface area contributed by atoms with Gasteiger partial charge in [0.25, 0.3) is 5.22 Å². The van der Waals surface area contributed by atoms with Crippen molar-refractivity contribution in [3.63, 3.8) is 0 Å². The molecule has 3 rings (SSSR count). The third-order valence-corrected chi connectivity index (χ3v) is 4.41. The van der Waals surface area contributed by atoms with Gasteiger partial charge in [0.05, 0.1) is 15.8 Å². The first-order valence-corrected chi connectivity index (χ1v) is 8.89. The van der Waals surface area contributed by atoms with E-state index in [4.69, 9.17) is 27.6 Å². The summed E-state index contributed by atoms with van der Waals surface area (Å²) in [4.78, 5) is 16.0. The van der Waals surface area contributed by atoms with Gasteiger partial charge in [-0.05, 0) is 25.1 Å². The molecule has 1 aromatic carbocycles. The highest BCUT2D eigenvalue weighted by Gasteiger charge is 2.13.